The molecule has 0 saturated carbocycles. The lowest BCUT2D eigenvalue weighted by Crippen LogP contribution is -2.12. The van der Waals surface area contributed by atoms with Crippen molar-refractivity contribution in [1.82, 2.24) is 5.32 Å². The van der Waals surface area contributed by atoms with E-state index in [-0.39, 0.29) is 5.91 Å². The van der Waals surface area contributed by atoms with Crippen molar-refractivity contribution in [2.24, 2.45) is 0 Å². The third-order valence-corrected chi connectivity index (χ3v) is 1.93. The number of benzene rings is 1. The highest BCUT2D eigenvalue weighted by atomic mass is 16.5. The minimum Gasteiger partial charge on any atom is -0.490 e. The third-order valence-electron chi connectivity index (χ3n) is 1.93. The van der Waals surface area contributed by atoms with Gasteiger partial charge in [0.1, 0.15) is 12.9 Å². The van der Waals surface area contributed by atoms with Gasteiger partial charge in [-0.1, -0.05) is 6.07 Å². The highest BCUT2D eigenvalue weighted by Crippen LogP contribution is 2.21. The van der Waals surface area contributed by atoms with Gasteiger partial charge in [0.15, 0.2) is 0 Å². The zero-order valence-corrected chi connectivity index (χ0v) is 6.46. The molecule has 0 saturated heterocycles. The topological polar surface area (TPSA) is 38.3 Å². The van der Waals surface area contributed by atoms with Crippen LogP contribution in [0.15, 0.2) is 18.2 Å². The van der Waals surface area contributed by atoms with Gasteiger partial charge in [-0.3, -0.25) is 4.79 Å². The van der Waals surface area contributed by atoms with E-state index in [0.717, 1.165) is 5.56 Å². The predicted molar refractivity (Wildman–Crippen MR) is 43.6 cm³/mol. The van der Waals surface area contributed by atoms with Crippen molar-refractivity contribution >= 4 is 5.91 Å². The minimum atomic E-state index is -0.0381. The van der Waals surface area contributed by atoms with E-state index in [1.807, 2.05) is 6.07 Å². The largest absolute Gasteiger partial charge is 0.490 e. The van der Waals surface area contributed by atoms with Crippen molar-refractivity contribution in [3.8, 4) is 5.75 Å². The average Bonchev–Trinajstić information content (AvgIpc) is 2.47. The molecule has 1 aromatic carbocycles. The first-order valence-electron chi connectivity index (χ1n) is 3.64. The molecule has 12 heavy (non-hydrogen) atoms. The number of fused-ring (bicyclic) bond motifs is 1. The number of hydrogen-bond donors (Lipinski definition) is 1. The normalized spacial score (nSPS) is 13.9. The van der Waals surface area contributed by atoms with E-state index in [4.69, 9.17) is 4.74 Å². The summed E-state index contributed by atoms with van der Waals surface area (Å²) in [5.74, 6) is 0.578. The maximum atomic E-state index is 11.1. The van der Waals surface area contributed by atoms with Gasteiger partial charge in [0, 0.05) is 12.1 Å². The highest BCUT2D eigenvalue weighted by molar-refractivity contribution is 5.98. The second-order valence-corrected chi connectivity index (χ2v) is 2.65. The Kier molecular flexibility index (Phi) is 1.50. The molecule has 1 aromatic rings. The first-order chi connectivity index (χ1) is 5.81. The molecule has 1 N–H and O–H groups in total. The van der Waals surface area contributed by atoms with Gasteiger partial charge in [0.25, 0.3) is 5.91 Å². The Balaban J connectivity index is 2.50. The monoisotopic (exact) mass is 162 g/mol. The fourth-order valence-corrected chi connectivity index (χ4v) is 1.28. The number of carbonyl (C=O) groups is 1. The standard InChI is InChI=1S/C9H8NO2/c1-12-7-3-2-6-5-10-9(11)8(6)4-7/h2-4H,1,5H2,(H,10,11). The molecule has 0 spiro atoms. The first kappa shape index (κ1) is 7.16. The smallest absolute Gasteiger partial charge is 0.252 e. The Labute approximate surface area is 70.3 Å². The fraction of sp³-hybridized carbons (Fsp3) is 0.111. The Hall–Kier alpha value is -1.51. The summed E-state index contributed by atoms with van der Waals surface area (Å²) in [4.78, 5) is 11.1. The molecule has 0 unspecified atom stereocenters. The molecule has 3 heteroatoms. The van der Waals surface area contributed by atoms with Crippen molar-refractivity contribution in [2.75, 3.05) is 0 Å². The molecule has 61 valence electrons. The molecular weight excluding hydrogens is 154 g/mol. The number of carbonyl (C=O) groups excluding carboxylic acids is 1. The zero-order chi connectivity index (χ0) is 8.55. The van der Waals surface area contributed by atoms with Crippen LogP contribution in [0.1, 0.15) is 15.9 Å². The summed E-state index contributed by atoms with van der Waals surface area (Å²) in [6, 6.07) is 5.37. The summed E-state index contributed by atoms with van der Waals surface area (Å²) in [6.45, 7) is 0.617. The lowest BCUT2D eigenvalue weighted by Gasteiger charge is -1.99. The van der Waals surface area contributed by atoms with E-state index >= 15 is 0 Å². The Morgan fingerprint density at radius 1 is 1.50 bits per heavy atom. The number of rotatable bonds is 1. The van der Waals surface area contributed by atoms with Gasteiger partial charge in [-0.25, -0.2) is 0 Å². The maximum absolute atomic E-state index is 11.1. The average molecular weight is 162 g/mol. The second kappa shape index (κ2) is 2.52. The summed E-state index contributed by atoms with van der Waals surface area (Å²) in [5, 5.41) is 2.72. The molecule has 0 aliphatic carbocycles. The summed E-state index contributed by atoms with van der Waals surface area (Å²) >= 11 is 0. The van der Waals surface area contributed by atoms with Gasteiger partial charge in [0.2, 0.25) is 0 Å². The van der Waals surface area contributed by atoms with Crippen LogP contribution in [0.5, 0.6) is 5.75 Å². The molecule has 0 atom stereocenters. The van der Waals surface area contributed by atoms with Crippen LogP contribution < -0.4 is 10.1 Å². The summed E-state index contributed by atoms with van der Waals surface area (Å²) < 4.78 is 4.76. The van der Waals surface area contributed by atoms with Crippen LogP contribution in [0.3, 0.4) is 0 Å². The van der Waals surface area contributed by atoms with Gasteiger partial charge in [0.05, 0.1) is 0 Å². The lowest BCUT2D eigenvalue weighted by atomic mass is 10.1. The van der Waals surface area contributed by atoms with Gasteiger partial charge in [-0.2, -0.15) is 0 Å². The molecule has 1 aliphatic rings. The molecule has 2 rings (SSSR count). The summed E-state index contributed by atoms with van der Waals surface area (Å²) in [6.07, 6.45) is 0. The maximum Gasteiger partial charge on any atom is 0.252 e. The van der Waals surface area contributed by atoms with Crippen LogP contribution in [0.4, 0.5) is 0 Å². The second-order valence-electron chi connectivity index (χ2n) is 2.65. The van der Waals surface area contributed by atoms with Crippen LogP contribution >= 0.6 is 0 Å². The molecule has 0 fully saturated rings. The lowest BCUT2D eigenvalue weighted by molar-refractivity contribution is 0.0965. The molecule has 0 aromatic heterocycles. The van der Waals surface area contributed by atoms with E-state index in [9.17, 15) is 4.79 Å². The molecular formula is C9H8NO2. The van der Waals surface area contributed by atoms with Crippen LogP contribution in [0, 0.1) is 7.11 Å². The van der Waals surface area contributed by atoms with E-state index in [1.165, 1.54) is 0 Å². The number of nitrogens with one attached hydrogen (secondary N) is 1. The van der Waals surface area contributed by atoms with Crippen molar-refractivity contribution in [1.29, 1.82) is 0 Å². The molecule has 3 nitrogen and oxygen atoms in total. The number of hydrogen-bond acceptors (Lipinski definition) is 2. The van der Waals surface area contributed by atoms with Gasteiger partial charge >= 0.3 is 0 Å². The van der Waals surface area contributed by atoms with Crippen molar-refractivity contribution < 1.29 is 9.53 Å². The van der Waals surface area contributed by atoms with Crippen molar-refractivity contribution in [2.45, 2.75) is 6.54 Å². The molecule has 1 amide bonds. The third kappa shape index (κ3) is 0.942. The predicted octanol–water partition coefficient (Wildman–Crippen LogP) is 1.10. The molecule has 1 aliphatic heterocycles. The van der Waals surface area contributed by atoms with Crippen LogP contribution in [-0.2, 0) is 6.54 Å². The molecule has 0 bridgehead atoms. The highest BCUT2D eigenvalue weighted by Gasteiger charge is 2.18. The van der Waals surface area contributed by atoms with E-state index in [0.29, 0.717) is 17.9 Å². The SMILES string of the molecule is [CH2]Oc1ccc2c(c1)C(=O)NC2. The first-order valence-corrected chi connectivity index (χ1v) is 3.64. The van der Waals surface area contributed by atoms with Crippen LogP contribution in [0.2, 0.25) is 0 Å². The fourth-order valence-electron chi connectivity index (χ4n) is 1.28. The van der Waals surface area contributed by atoms with Crippen molar-refractivity contribution in [3.63, 3.8) is 0 Å². The zero-order valence-electron chi connectivity index (χ0n) is 6.46. The van der Waals surface area contributed by atoms with Gasteiger partial charge < -0.3 is 10.1 Å². The van der Waals surface area contributed by atoms with Gasteiger partial charge in [-0.05, 0) is 17.7 Å². The van der Waals surface area contributed by atoms with E-state index < -0.39 is 0 Å². The van der Waals surface area contributed by atoms with E-state index in [1.54, 1.807) is 12.1 Å². The number of ether oxygens (including phenoxy) is 1. The van der Waals surface area contributed by atoms with Gasteiger partial charge in [-0.15, -0.1) is 0 Å². The Bertz CT molecular complexity index is 333. The quantitative estimate of drug-likeness (QED) is 0.671. The van der Waals surface area contributed by atoms with Crippen LogP contribution in [-0.4, -0.2) is 5.91 Å². The summed E-state index contributed by atoms with van der Waals surface area (Å²) in [7, 11) is 3.27. The Morgan fingerprint density at radius 2 is 2.33 bits per heavy atom. The molecule has 1 radical (unpaired) electrons. The van der Waals surface area contributed by atoms with Crippen LogP contribution in [0.25, 0.3) is 0 Å². The van der Waals surface area contributed by atoms with E-state index in [2.05, 4.69) is 12.4 Å². The van der Waals surface area contributed by atoms with Crippen molar-refractivity contribution in [3.05, 3.63) is 36.4 Å². The molecule has 1 heterocycles. The summed E-state index contributed by atoms with van der Waals surface area (Å²) in [5.41, 5.74) is 1.71. The number of amides is 1. The Morgan fingerprint density at radius 3 is 3.08 bits per heavy atom. The minimum absolute atomic E-state index is 0.0381.